The zero-order valence-electron chi connectivity index (χ0n) is 23.3. The van der Waals surface area contributed by atoms with E-state index in [4.69, 9.17) is 22.9 Å². The van der Waals surface area contributed by atoms with Crippen LogP contribution in [0.15, 0.2) is 28.5 Å². The molecule has 10 N–H and O–H groups in total. The Labute approximate surface area is 247 Å². The third-order valence-electron chi connectivity index (χ3n) is 5.66. The third-order valence-corrected chi connectivity index (χ3v) is 5.66. The normalized spacial score (nSPS) is 12.7. The molecule has 1 aliphatic rings. The van der Waals surface area contributed by atoms with Gasteiger partial charge >= 0.3 is 11.9 Å². The van der Waals surface area contributed by atoms with Gasteiger partial charge in [0.2, 0.25) is 29.7 Å². The maximum atomic E-state index is 12.8. The summed E-state index contributed by atoms with van der Waals surface area (Å²) >= 11 is 0. The predicted octanol–water partition coefficient (Wildman–Crippen LogP) is -0.238. The minimum absolute atomic E-state index is 0.0845. The van der Waals surface area contributed by atoms with Crippen LogP contribution in [-0.4, -0.2) is 58.7 Å². The first-order valence-corrected chi connectivity index (χ1v) is 13.0. The first-order valence-electron chi connectivity index (χ1n) is 13.0. The van der Waals surface area contributed by atoms with E-state index in [2.05, 4.69) is 45.5 Å². The molecule has 1 saturated carbocycles. The number of rotatable bonds is 14. The maximum absolute atomic E-state index is 12.8. The SMILES string of the molecule is CCN(C[C]1[CH][CH][CH][CH]1)c1ccc2nc(NC(=O)CCC(=O)ON=C(N)N)nc(NC(=O)CCC(=O)ON=C(N)N)c2c1. The van der Waals surface area contributed by atoms with Crippen LogP contribution in [0.3, 0.4) is 0 Å². The lowest BCUT2D eigenvalue weighted by molar-refractivity contribution is -0.145. The largest absolute Gasteiger partial charge is 0.371 e. The standard InChI is InChI=1S/C26H32N11O6/c1-2-37(14-15-5-3-4-6-15)16-7-8-18-17(13-16)23(32-19(38)9-11-21(40)42-35-24(27)28)34-26(31-18)33-20(39)10-12-22(41)43-36-25(29)30/h3-8,13H,2,9-12,14H2,1H3,(H4,27,28,35)(H4,29,30,36)(H2,31,32,33,34,38,39). The number of benzene rings is 1. The fraction of sp³-hybridized carbons (Fsp3) is 0.269. The number of nitrogens with zero attached hydrogens (tertiary/aromatic N) is 5. The quantitative estimate of drug-likeness (QED) is 0.0714. The van der Waals surface area contributed by atoms with Gasteiger partial charge in [-0.1, -0.05) is 0 Å². The molecular weight excluding hydrogens is 562 g/mol. The molecule has 1 aliphatic carbocycles. The van der Waals surface area contributed by atoms with Crippen molar-refractivity contribution in [3.8, 4) is 0 Å². The minimum atomic E-state index is -0.830. The number of oxime groups is 2. The van der Waals surface area contributed by atoms with Crippen molar-refractivity contribution < 1.29 is 28.9 Å². The Morgan fingerprint density at radius 3 is 1.98 bits per heavy atom. The van der Waals surface area contributed by atoms with E-state index < -0.39 is 35.7 Å². The van der Waals surface area contributed by atoms with E-state index in [1.165, 1.54) is 0 Å². The number of carbonyl (C=O) groups excluding carboxylic acids is 4. The number of hydrogen-bond donors (Lipinski definition) is 6. The number of amides is 2. The van der Waals surface area contributed by atoms with Gasteiger partial charge in [-0.2, -0.15) is 4.98 Å². The van der Waals surface area contributed by atoms with Crippen LogP contribution in [0.25, 0.3) is 10.9 Å². The van der Waals surface area contributed by atoms with E-state index in [9.17, 15) is 19.2 Å². The van der Waals surface area contributed by atoms with E-state index >= 15 is 0 Å². The Morgan fingerprint density at radius 1 is 0.837 bits per heavy atom. The molecule has 3 rings (SSSR count). The highest BCUT2D eigenvalue weighted by Gasteiger charge is 2.21. The van der Waals surface area contributed by atoms with Crippen molar-refractivity contribution in [3.63, 3.8) is 0 Å². The van der Waals surface area contributed by atoms with Gasteiger partial charge in [-0.15, -0.1) is 0 Å². The Kier molecular flexibility index (Phi) is 11.8. The first kappa shape index (κ1) is 32.3. The molecule has 5 radical (unpaired) electrons. The van der Waals surface area contributed by atoms with Crippen LogP contribution in [0.2, 0.25) is 0 Å². The smallest absolute Gasteiger partial charge is 0.335 e. The summed E-state index contributed by atoms with van der Waals surface area (Å²) in [4.78, 5) is 68.5. The molecule has 1 aromatic heterocycles. The summed E-state index contributed by atoms with van der Waals surface area (Å²) in [5.41, 5.74) is 21.7. The van der Waals surface area contributed by atoms with E-state index in [0.717, 1.165) is 11.6 Å². The van der Waals surface area contributed by atoms with Crippen molar-refractivity contribution in [1.29, 1.82) is 0 Å². The van der Waals surface area contributed by atoms with Crippen molar-refractivity contribution in [2.75, 3.05) is 28.6 Å². The molecule has 1 heterocycles. The average molecular weight is 595 g/mol. The van der Waals surface area contributed by atoms with Gasteiger partial charge in [0, 0.05) is 42.9 Å². The van der Waals surface area contributed by atoms with Crippen molar-refractivity contribution in [2.24, 2.45) is 33.2 Å². The second kappa shape index (κ2) is 15.7. The number of guanidine groups is 2. The molecule has 17 nitrogen and oxygen atoms in total. The highest BCUT2D eigenvalue weighted by molar-refractivity contribution is 6.02. The summed E-state index contributed by atoms with van der Waals surface area (Å²) in [6, 6.07) is 5.40. The van der Waals surface area contributed by atoms with E-state index in [1.807, 2.05) is 44.7 Å². The molecule has 227 valence electrons. The second-order valence-electron chi connectivity index (χ2n) is 8.96. The summed E-state index contributed by atoms with van der Waals surface area (Å²) in [7, 11) is 0. The van der Waals surface area contributed by atoms with Crippen molar-refractivity contribution in [1.82, 2.24) is 9.97 Å². The Morgan fingerprint density at radius 2 is 1.42 bits per heavy atom. The molecule has 0 spiro atoms. The monoisotopic (exact) mass is 594 g/mol. The number of aromatic nitrogens is 2. The molecule has 1 fully saturated rings. The van der Waals surface area contributed by atoms with Crippen LogP contribution in [0.4, 0.5) is 17.5 Å². The summed E-state index contributed by atoms with van der Waals surface area (Å²) < 4.78 is 0. The van der Waals surface area contributed by atoms with Crippen molar-refractivity contribution in [3.05, 3.63) is 49.8 Å². The summed E-state index contributed by atoms with van der Waals surface area (Å²) in [5, 5.41) is 11.9. The minimum Gasteiger partial charge on any atom is -0.371 e. The lowest BCUT2D eigenvalue weighted by atomic mass is 10.1. The number of hydrogen-bond acceptors (Lipinski definition) is 11. The molecule has 2 aromatic rings. The van der Waals surface area contributed by atoms with Gasteiger partial charge in [0.05, 0.1) is 18.4 Å². The molecule has 2 amide bonds. The molecule has 17 heteroatoms. The maximum Gasteiger partial charge on any atom is 0.335 e. The number of nitrogens with two attached hydrogens (primary N) is 4. The van der Waals surface area contributed by atoms with Crippen molar-refractivity contribution in [2.45, 2.75) is 32.6 Å². The van der Waals surface area contributed by atoms with Crippen LogP contribution < -0.4 is 38.5 Å². The van der Waals surface area contributed by atoms with Crippen LogP contribution >= 0.6 is 0 Å². The van der Waals surface area contributed by atoms with Crippen LogP contribution in [-0.2, 0) is 28.9 Å². The Balaban J connectivity index is 1.81. The molecule has 0 bridgehead atoms. The molecule has 0 atom stereocenters. The van der Waals surface area contributed by atoms with Gasteiger partial charge in [-0.3, -0.25) is 14.9 Å². The third kappa shape index (κ3) is 10.6. The van der Waals surface area contributed by atoms with E-state index in [0.29, 0.717) is 24.0 Å². The molecule has 1 aromatic carbocycles. The zero-order chi connectivity index (χ0) is 31.4. The van der Waals surface area contributed by atoms with Crippen LogP contribution in [0.1, 0.15) is 32.6 Å². The second-order valence-corrected chi connectivity index (χ2v) is 8.96. The molecule has 0 saturated heterocycles. The number of fused-ring (bicyclic) bond motifs is 1. The lowest BCUT2D eigenvalue weighted by Crippen LogP contribution is -2.27. The highest BCUT2D eigenvalue weighted by Crippen LogP contribution is 2.30. The Bertz CT molecular complexity index is 1380. The number of nitrogens with one attached hydrogen (secondary N) is 2. The van der Waals surface area contributed by atoms with Crippen LogP contribution in [0, 0.1) is 31.6 Å². The Hall–Kier alpha value is -5.22. The van der Waals surface area contributed by atoms with Gasteiger partial charge in [-0.05, 0) is 61.1 Å². The van der Waals surface area contributed by atoms with Gasteiger partial charge < -0.3 is 42.8 Å². The van der Waals surface area contributed by atoms with Crippen molar-refractivity contribution >= 4 is 64.0 Å². The van der Waals surface area contributed by atoms with E-state index in [1.54, 1.807) is 6.07 Å². The fourth-order valence-electron chi connectivity index (χ4n) is 3.70. The van der Waals surface area contributed by atoms with Gasteiger partial charge in [0.25, 0.3) is 0 Å². The summed E-state index contributed by atoms with van der Waals surface area (Å²) in [6.45, 7) is 3.35. The molecular formula is C26H32N11O6. The number of anilines is 3. The first-order chi connectivity index (χ1) is 20.5. The molecule has 43 heavy (non-hydrogen) atoms. The average Bonchev–Trinajstić information content (AvgIpc) is 3.48. The van der Waals surface area contributed by atoms with Gasteiger partial charge in [-0.25, -0.2) is 14.6 Å². The van der Waals surface area contributed by atoms with E-state index in [-0.39, 0.29) is 37.4 Å². The van der Waals surface area contributed by atoms with Gasteiger partial charge in [0.15, 0.2) is 0 Å². The summed E-state index contributed by atoms with van der Waals surface area (Å²) in [6.07, 6.45) is 6.75. The lowest BCUT2D eigenvalue weighted by Gasteiger charge is -2.26. The highest BCUT2D eigenvalue weighted by atomic mass is 16.7. The molecule has 0 unspecified atom stereocenters. The fourth-order valence-corrected chi connectivity index (χ4v) is 3.70. The predicted molar refractivity (Wildman–Crippen MR) is 157 cm³/mol. The number of carbonyl (C=O) groups is 4. The van der Waals surface area contributed by atoms with Crippen LogP contribution in [0.5, 0.6) is 0 Å². The zero-order valence-corrected chi connectivity index (χ0v) is 23.3. The van der Waals surface area contributed by atoms with Gasteiger partial charge in [0.1, 0.15) is 5.82 Å². The summed E-state index contributed by atoms with van der Waals surface area (Å²) in [5.74, 6) is -2.64. The molecule has 0 aliphatic heterocycles. The topological polar surface area (TPSA) is 269 Å².